The lowest BCUT2D eigenvalue weighted by molar-refractivity contribution is -0.137. The zero-order valence-electron chi connectivity index (χ0n) is 29.3. The summed E-state index contributed by atoms with van der Waals surface area (Å²) < 4.78 is 50.7. The molecule has 0 unspecified atom stereocenters. The van der Waals surface area contributed by atoms with Gasteiger partial charge in [0.05, 0.1) is 17.9 Å². The number of nitrogens with zero attached hydrogens (tertiary/aromatic N) is 1. The first-order valence-electron chi connectivity index (χ1n) is 16.2. The Morgan fingerprint density at radius 3 is 2.06 bits per heavy atom. The van der Waals surface area contributed by atoms with Crippen molar-refractivity contribution < 1.29 is 37.0 Å². The number of alkyl halides is 3. The van der Waals surface area contributed by atoms with Crippen LogP contribution in [-0.4, -0.2) is 55.7 Å². The van der Waals surface area contributed by atoms with Crippen LogP contribution in [0.2, 0.25) is 0 Å². The summed E-state index contributed by atoms with van der Waals surface area (Å²) in [5.41, 5.74) is 1.66. The van der Waals surface area contributed by atoms with Gasteiger partial charge in [-0.1, -0.05) is 12.1 Å². The van der Waals surface area contributed by atoms with E-state index in [0.717, 1.165) is 31.2 Å². The fraction of sp³-hybridized carbons (Fsp3) is 0.289. The monoisotopic (exact) mass is 705 g/mol. The van der Waals surface area contributed by atoms with Gasteiger partial charge in [0.1, 0.15) is 11.4 Å². The molecular formula is C38H42F3N5O5. The summed E-state index contributed by atoms with van der Waals surface area (Å²) in [7, 11) is 3.97. The van der Waals surface area contributed by atoms with E-state index in [4.69, 9.17) is 9.47 Å². The van der Waals surface area contributed by atoms with Crippen LogP contribution in [0.1, 0.15) is 59.0 Å². The number of nitrogens with one attached hydrogen (secondary N) is 4. The molecule has 0 saturated carbocycles. The number of aryl methyl sites for hydroxylation is 1. The van der Waals surface area contributed by atoms with Gasteiger partial charge in [-0.15, -0.1) is 0 Å². The van der Waals surface area contributed by atoms with Crippen LogP contribution in [0.3, 0.4) is 0 Å². The van der Waals surface area contributed by atoms with Crippen molar-refractivity contribution in [2.24, 2.45) is 0 Å². The lowest BCUT2D eigenvalue weighted by Crippen LogP contribution is -2.27. The SMILES string of the molecule is Cc1ccc(NC(=O)c2cccc(C(F)(F)F)c2)cc1C(=O)Nc1ccc(Nc2ccc(OCCCN(C)C)c(NC(=O)OC(C)(C)C)c2)cc1. The third-order valence-electron chi connectivity index (χ3n) is 7.25. The smallest absolute Gasteiger partial charge is 0.416 e. The lowest BCUT2D eigenvalue weighted by Gasteiger charge is -2.21. The minimum absolute atomic E-state index is 0.166. The Hall–Kier alpha value is -5.56. The molecule has 0 spiro atoms. The minimum Gasteiger partial charge on any atom is -0.491 e. The maximum Gasteiger partial charge on any atom is 0.416 e. The van der Waals surface area contributed by atoms with Crippen LogP contribution in [0.4, 0.5) is 46.4 Å². The molecule has 0 bridgehead atoms. The lowest BCUT2D eigenvalue weighted by atomic mass is 10.1. The van der Waals surface area contributed by atoms with Gasteiger partial charge < -0.3 is 30.3 Å². The van der Waals surface area contributed by atoms with E-state index < -0.39 is 35.2 Å². The summed E-state index contributed by atoms with van der Waals surface area (Å²) in [6.45, 7) is 8.37. The van der Waals surface area contributed by atoms with Crippen LogP contribution in [-0.2, 0) is 10.9 Å². The van der Waals surface area contributed by atoms with Gasteiger partial charge in [0.15, 0.2) is 0 Å². The largest absolute Gasteiger partial charge is 0.491 e. The molecule has 4 aromatic carbocycles. The van der Waals surface area contributed by atoms with Gasteiger partial charge in [-0.25, -0.2) is 4.79 Å². The number of hydrogen-bond donors (Lipinski definition) is 4. The Kier molecular flexibility index (Phi) is 12.3. The van der Waals surface area contributed by atoms with Crippen LogP contribution in [0.15, 0.2) is 84.9 Å². The van der Waals surface area contributed by atoms with Crippen LogP contribution in [0.5, 0.6) is 5.75 Å². The number of rotatable bonds is 12. The van der Waals surface area contributed by atoms with Gasteiger partial charge in [-0.2, -0.15) is 13.2 Å². The Morgan fingerprint density at radius 2 is 1.39 bits per heavy atom. The summed E-state index contributed by atoms with van der Waals surface area (Å²) in [5, 5.41) is 11.4. The van der Waals surface area contributed by atoms with Gasteiger partial charge in [0.2, 0.25) is 0 Å². The number of amides is 3. The van der Waals surface area contributed by atoms with Crippen LogP contribution in [0, 0.1) is 6.92 Å². The highest BCUT2D eigenvalue weighted by atomic mass is 19.4. The van der Waals surface area contributed by atoms with E-state index in [1.807, 2.05) is 20.2 Å². The molecule has 4 aromatic rings. The molecule has 0 aromatic heterocycles. The maximum absolute atomic E-state index is 13.2. The summed E-state index contributed by atoms with van der Waals surface area (Å²) in [6, 6.07) is 21.0. The highest BCUT2D eigenvalue weighted by molar-refractivity contribution is 6.08. The van der Waals surface area contributed by atoms with Crippen molar-refractivity contribution in [3.05, 3.63) is 107 Å². The molecule has 0 aliphatic rings. The first-order chi connectivity index (χ1) is 24.0. The topological polar surface area (TPSA) is 121 Å². The number of carbonyl (C=O) groups excluding carboxylic acids is 3. The van der Waals surface area contributed by atoms with E-state index in [9.17, 15) is 27.6 Å². The number of halogens is 3. The zero-order valence-corrected chi connectivity index (χ0v) is 29.3. The summed E-state index contributed by atoms with van der Waals surface area (Å²) >= 11 is 0. The van der Waals surface area contributed by atoms with Crippen molar-refractivity contribution in [2.45, 2.75) is 45.9 Å². The molecular weight excluding hydrogens is 663 g/mol. The summed E-state index contributed by atoms with van der Waals surface area (Å²) in [6.07, 6.45) is -4.40. The van der Waals surface area contributed by atoms with Gasteiger partial charge in [-0.05, 0) is 127 Å². The van der Waals surface area contributed by atoms with Crippen molar-refractivity contribution in [3.63, 3.8) is 0 Å². The minimum atomic E-state index is -4.59. The van der Waals surface area contributed by atoms with Gasteiger partial charge in [0.25, 0.3) is 11.8 Å². The van der Waals surface area contributed by atoms with E-state index in [1.54, 1.807) is 76.2 Å². The maximum atomic E-state index is 13.2. The molecule has 0 heterocycles. The number of carbonyl (C=O) groups is 3. The molecule has 0 atom stereocenters. The molecule has 4 N–H and O–H groups in total. The number of hydrogen-bond acceptors (Lipinski definition) is 7. The van der Waals surface area contributed by atoms with Gasteiger partial charge in [-0.3, -0.25) is 14.9 Å². The van der Waals surface area contributed by atoms with Crippen molar-refractivity contribution in [1.29, 1.82) is 0 Å². The average Bonchev–Trinajstić information content (AvgIpc) is 3.04. The fourth-order valence-corrected chi connectivity index (χ4v) is 4.79. The Labute approximate surface area is 295 Å². The van der Waals surface area contributed by atoms with Crippen LogP contribution >= 0.6 is 0 Å². The molecule has 0 saturated heterocycles. The molecule has 13 heteroatoms. The molecule has 0 fully saturated rings. The van der Waals surface area contributed by atoms with Gasteiger partial charge >= 0.3 is 12.3 Å². The molecule has 0 aliphatic carbocycles. The Bertz CT molecular complexity index is 1850. The molecule has 270 valence electrons. The van der Waals surface area contributed by atoms with Crippen molar-refractivity contribution in [2.75, 3.05) is 48.5 Å². The quantitative estimate of drug-likeness (QED) is 0.109. The Morgan fingerprint density at radius 1 is 0.745 bits per heavy atom. The van der Waals surface area contributed by atoms with E-state index >= 15 is 0 Å². The van der Waals surface area contributed by atoms with Crippen molar-refractivity contribution >= 4 is 46.3 Å². The standard InChI is InChI=1S/C38H42F3N5O5/c1-24-11-12-29(44-34(47)25-9-7-10-26(21-25)38(39,40)41)22-31(24)35(48)43-28-15-13-27(14-16-28)42-30-17-18-33(50-20-8-19-46(5)6)32(23-30)45-36(49)51-37(2,3)4/h7,9-18,21-23,42H,8,19-20H2,1-6H3,(H,43,48)(H,44,47)(H,45,49). The predicted molar refractivity (Wildman–Crippen MR) is 193 cm³/mol. The first kappa shape index (κ1) is 38.2. The number of ether oxygens (including phenoxy) is 2. The summed E-state index contributed by atoms with van der Waals surface area (Å²) in [5.74, 6) is -0.686. The van der Waals surface area contributed by atoms with Crippen molar-refractivity contribution in [3.8, 4) is 5.75 Å². The fourth-order valence-electron chi connectivity index (χ4n) is 4.79. The van der Waals surface area contributed by atoms with Gasteiger partial charge in [0, 0.05) is 40.4 Å². The Balaban J connectivity index is 1.42. The molecule has 51 heavy (non-hydrogen) atoms. The second-order valence-electron chi connectivity index (χ2n) is 13.1. The molecule has 4 rings (SSSR count). The average molecular weight is 706 g/mol. The molecule has 3 amide bonds. The second kappa shape index (κ2) is 16.4. The van der Waals surface area contributed by atoms with Crippen LogP contribution in [0.25, 0.3) is 0 Å². The number of benzene rings is 4. The van der Waals surface area contributed by atoms with E-state index in [2.05, 4.69) is 26.2 Å². The predicted octanol–water partition coefficient (Wildman–Crippen LogP) is 8.94. The summed E-state index contributed by atoms with van der Waals surface area (Å²) in [4.78, 5) is 40.6. The molecule has 0 radical (unpaired) electrons. The van der Waals surface area contributed by atoms with Crippen LogP contribution < -0.4 is 26.0 Å². The zero-order chi connectivity index (χ0) is 37.3. The first-order valence-corrected chi connectivity index (χ1v) is 16.2. The number of anilines is 5. The third-order valence-corrected chi connectivity index (χ3v) is 7.25. The van der Waals surface area contributed by atoms with E-state index in [1.165, 1.54) is 12.1 Å². The second-order valence-corrected chi connectivity index (χ2v) is 13.1. The third kappa shape index (κ3) is 11.8. The normalized spacial score (nSPS) is 11.5. The molecule has 10 nitrogen and oxygen atoms in total. The van der Waals surface area contributed by atoms with E-state index in [0.29, 0.717) is 40.7 Å². The van der Waals surface area contributed by atoms with Crippen molar-refractivity contribution in [1.82, 2.24) is 4.90 Å². The highest BCUT2D eigenvalue weighted by Crippen LogP contribution is 2.32. The highest BCUT2D eigenvalue weighted by Gasteiger charge is 2.31. The molecule has 0 aliphatic heterocycles. The van der Waals surface area contributed by atoms with E-state index in [-0.39, 0.29) is 16.8 Å².